The fourth-order valence-electron chi connectivity index (χ4n) is 2.13. The van der Waals surface area contributed by atoms with Crippen molar-refractivity contribution < 1.29 is 4.39 Å². The van der Waals surface area contributed by atoms with Crippen LogP contribution in [0.2, 0.25) is 5.02 Å². The third-order valence-electron chi connectivity index (χ3n) is 3.09. The topological polar surface area (TPSA) is 38.9 Å². The van der Waals surface area contributed by atoms with Crippen molar-refractivity contribution in [3.05, 3.63) is 65.1 Å². The Balaban J connectivity index is 1.91. The first-order valence-corrected chi connectivity index (χ1v) is 7.71. The largest absolute Gasteiger partial charge is 0.399 e. The van der Waals surface area contributed by atoms with E-state index < -0.39 is 0 Å². The number of anilines is 1. The molecule has 2 nitrogen and oxygen atoms in total. The standard InChI is InChI=1S/C16H12ClFN2S/c17-14-8-13(19)3-4-15(14)21-9-11-7-12(18)6-10-2-1-5-20-16(10)11/h1-8H,9,19H2. The van der Waals surface area contributed by atoms with Gasteiger partial charge in [0.15, 0.2) is 0 Å². The SMILES string of the molecule is Nc1ccc(SCc2cc(F)cc3cccnc23)c(Cl)c1. The van der Waals surface area contributed by atoms with Gasteiger partial charge >= 0.3 is 0 Å². The van der Waals surface area contributed by atoms with Gasteiger partial charge < -0.3 is 5.73 Å². The average molecular weight is 319 g/mol. The summed E-state index contributed by atoms with van der Waals surface area (Å²) in [6.07, 6.45) is 1.71. The van der Waals surface area contributed by atoms with Crippen LogP contribution in [0.5, 0.6) is 0 Å². The molecule has 1 aromatic heterocycles. The highest BCUT2D eigenvalue weighted by atomic mass is 35.5. The van der Waals surface area contributed by atoms with Gasteiger partial charge in [0.05, 0.1) is 10.5 Å². The number of thioether (sulfide) groups is 1. The van der Waals surface area contributed by atoms with E-state index in [0.29, 0.717) is 16.5 Å². The lowest BCUT2D eigenvalue weighted by Gasteiger charge is -2.08. The first kappa shape index (κ1) is 14.2. The number of halogens is 2. The van der Waals surface area contributed by atoms with E-state index in [4.69, 9.17) is 17.3 Å². The van der Waals surface area contributed by atoms with Crippen LogP contribution >= 0.6 is 23.4 Å². The van der Waals surface area contributed by atoms with Gasteiger partial charge in [-0.2, -0.15) is 0 Å². The summed E-state index contributed by atoms with van der Waals surface area (Å²) in [5, 5.41) is 1.41. The number of nitrogens with zero attached hydrogens (tertiary/aromatic N) is 1. The van der Waals surface area contributed by atoms with Crippen molar-refractivity contribution in [2.75, 3.05) is 5.73 Å². The molecule has 0 fully saturated rings. The minimum Gasteiger partial charge on any atom is -0.399 e. The van der Waals surface area contributed by atoms with E-state index in [9.17, 15) is 4.39 Å². The van der Waals surface area contributed by atoms with Crippen LogP contribution in [0.3, 0.4) is 0 Å². The monoisotopic (exact) mass is 318 g/mol. The maximum Gasteiger partial charge on any atom is 0.124 e. The second-order valence-corrected chi connectivity index (χ2v) is 6.04. The first-order valence-electron chi connectivity index (χ1n) is 6.34. The summed E-state index contributed by atoms with van der Waals surface area (Å²) >= 11 is 7.69. The van der Waals surface area contributed by atoms with Crippen LogP contribution in [-0.4, -0.2) is 4.98 Å². The van der Waals surface area contributed by atoms with Crippen LogP contribution in [0.4, 0.5) is 10.1 Å². The van der Waals surface area contributed by atoms with Crippen molar-refractivity contribution in [3.63, 3.8) is 0 Å². The molecule has 0 radical (unpaired) electrons. The van der Waals surface area contributed by atoms with Gasteiger partial charge in [-0.3, -0.25) is 4.98 Å². The summed E-state index contributed by atoms with van der Waals surface area (Å²) in [6, 6.07) is 12.1. The third-order valence-corrected chi connectivity index (χ3v) is 4.63. The maximum atomic E-state index is 13.7. The van der Waals surface area contributed by atoms with Crippen LogP contribution < -0.4 is 5.73 Å². The summed E-state index contributed by atoms with van der Waals surface area (Å²) in [6.45, 7) is 0. The number of hydrogen-bond donors (Lipinski definition) is 1. The van der Waals surface area contributed by atoms with Crippen molar-refractivity contribution in [2.24, 2.45) is 0 Å². The van der Waals surface area contributed by atoms with Crippen molar-refractivity contribution in [1.82, 2.24) is 4.98 Å². The van der Waals surface area contributed by atoms with Gasteiger partial charge in [-0.15, -0.1) is 11.8 Å². The lowest BCUT2D eigenvalue weighted by Crippen LogP contribution is -1.90. The van der Waals surface area contributed by atoms with Gasteiger partial charge in [0.1, 0.15) is 5.82 Å². The van der Waals surface area contributed by atoms with Gasteiger partial charge in [-0.05, 0) is 42.0 Å². The van der Waals surface area contributed by atoms with Gasteiger partial charge in [0.25, 0.3) is 0 Å². The number of fused-ring (bicyclic) bond motifs is 1. The Hall–Kier alpha value is -1.78. The molecule has 0 saturated carbocycles. The van der Waals surface area contributed by atoms with E-state index in [-0.39, 0.29) is 5.82 Å². The molecular weight excluding hydrogens is 307 g/mol. The summed E-state index contributed by atoms with van der Waals surface area (Å²) in [5.74, 6) is 0.337. The number of benzene rings is 2. The van der Waals surface area contributed by atoms with E-state index in [1.807, 2.05) is 12.1 Å². The highest BCUT2D eigenvalue weighted by Gasteiger charge is 2.08. The molecule has 3 rings (SSSR count). The summed E-state index contributed by atoms with van der Waals surface area (Å²) in [5.41, 5.74) is 7.97. The fraction of sp³-hybridized carbons (Fsp3) is 0.0625. The van der Waals surface area contributed by atoms with E-state index in [1.54, 1.807) is 24.4 Å². The zero-order chi connectivity index (χ0) is 14.8. The van der Waals surface area contributed by atoms with E-state index in [2.05, 4.69) is 4.98 Å². The van der Waals surface area contributed by atoms with E-state index in [1.165, 1.54) is 23.9 Å². The molecule has 0 atom stereocenters. The molecule has 2 N–H and O–H groups in total. The Bertz CT molecular complexity index is 807. The smallest absolute Gasteiger partial charge is 0.124 e. The van der Waals surface area contributed by atoms with Crippen molar-refractivity contribution in [2.45, 2.75) is 10.6 Å². The quantitative estimate of drug-likeness (QED) is 0.551. The van der Waals surface area contributed by atoms with Gasteiger partial charge in [0.2, 0.25) is 0 Å². The fourth-order valence-corrected chi connectivity index (χ4v) is 3.37. The molecule has 0 aliphatic heterocycles. The third kappa shape index (κ3) is 3.12. The number of aromatic nitrogens is 1. The molecule has 2 aromatic carbocycles. The second kappa shape index (κ2) is 5.92. The van der Waals surface area contributed by atoms with Gasteiger partial charge in [0, 0.05) is 27.9 Å². The summed E-state index contributed by atoms with van der Waals surface area (Å²) < 4.78 is 13.7. The maximum absolute atomic E-state index is 13.7. The highest BCUT2D eigenvalue weighted by Crippen LogP contribution is 2.32. The molecule has 0 aliphatic rings. The molecule has 5 heteroatoms. The van der Waals surface area contributed by atoms with Crippen LogP contribution in [0.25, 0.3) is 10.9 Å². The Labute approximate surface area is 131 Å². The normalized spacial score (nSPS) is 11.0. The second-order valence-electron chi connectivity index (χ2n) is 4.62. The minimum absolute atomic E-state index is 0.255. The number of pyridine rings is 1. The average Bonchev–Trinajstić information content (AvgIpc) is 2.46. The predicted molar refractivity (Wildman–Crippen MR) is 87.1 cm³/mol. The van der Waals surface area contributed by atoms with E-state index in [0.717, 1.165) is 21.4 Å². The molecule has 0 saturated heterocycles. The lowest BCUT2D eigenvalue weighted by molar-refractivity contribution is 0.628. The Morgan fingerprint density at radius 3 is 2.86 bits per heavy atom. The molecule has 1 heterocycles. The molecule has 0 bridgehead atoms. The zero-order valence-corrected chi connectivity index (χ0v) is 12.6. The van der Waals surface area contributed by atoms with Crippen LogP contribution in [0.15, 0.2) is 53.6 Å². The molecule has 21 heavy (non-hydrogen) atoms. The highest BCUT2D eigenvalue weighted by molar-refractivity contribution is 7.98. The summed E-state index contributed by atoms with van der Waals surface area (Å²) in [4.78, 5) is 5.25. The number of nitrogen functional groups attached to an aromatic ring is 1. The summed E-state index contributed by atoms with van der Waals surface area (Å²) in [7, 11) is 0. The molecule has 0 unspecified atom stereocenters. The Morgan fingerprint density at radius 1 is 1.19 bits per heavy atom. The number of rotatable bonds is 3. The van der Waals surface area contributed by atoms with Crippen molar-refractivity contribution >= 4 is 40.0 Å². The molecule has 0 aliphatic carbocycles. The Kier molecular flexibility index (Phi) is 3.99. The van der Waals surface area contributed by atoms with Crippen LogP contribution in [0, 0.1) is 5.82 Å². The zero-order valence-electron chi connectivity index (χ0n) is 11.0. The number of nitrogens with two attached hydrogens (primary N) is 1. The first-order chi connectivity index (χ1) is 10.1. The van der Waals surface area contributed by atoms with E-state index >= 15 is 0 Å². The molecule has 0 amide bonds. The lowest BCUT2D eigenvalue weighted by atomic mass is 10.1. The minimum atomic E-state index is -0.255. The van der Waals surface area contributed by atoms with Gasteiger partial charge in [-0.1, -0.05) is 17.7 Å². The van der Waals surface area contributed by atoms with Gasteiger partial charge in [-0.25, -0.2) is 4.39 Å². The number of hydrogen-bond acceptors (Lipinski definition) is 3. The molecule has 106 valence electrons. The Morgan fingerprint density at radius 2 is 2.05 bits per heavy atom. The molecule has 0 spiro atoms. The van der Waals surface area contributed by atoms with Crippen molar-refractivity contribution in [1.29, 1.82) is 0 Å². The van der Waals surface area contributed by atoms with Crippen LogP contribution in [0.1, 0.15) is 5.56 Å². The van der Waals surface area contributed by atoms with Crippen LogP contribution in [-0.2, 0) is 5.75 Å². The molecular formula is C16H12ClFN2S. The predicted octanol–water partition coefficient (Wildman–Crippen LogP) is 4.90. The molecule has 3 aromatic rings. The van der Waals surface area contributed by atoms with Crippen molar-refractivity contribution in [3.8, 4) is 0 Å².